The molecule has 84 valence electrons. The maximum absolute atomic E-state index is 5.78. The van der Waals surface area contributed by atoms with Gasteiger partial charge in [-0.05, 0) is 46.5 Å². The first-order valence-corrected chi connectivity index (χ1v) is 7.04. The Morgan fingerprint density at radius 3 is 1.76 bits per heavy atom. The Morgan fingerprint density at radius 1 is 0.882 bits per heavy atom. The van der Waals surface area contributed by atoms with Crippen molar-refractivity contribution in [2.75, 3.05) is 6.61 Å². The molecule has 1 aliphatic heterocycles. The van der Waals surface area contributed by atoms with E-state index in [1.165, 1.54) is 22.3 Å². The van der Waals surface area contributed by atoms with Crippen molar-refractivity contribution in [2.24, 2.45) is 0 Å². The quantitative estimate of drug-likeness (QED) is 0.638. The SMILES string of the molecule is Brc1ccc2c(c1)C1(CO1)c1cc(Br)ccc1-2. The van der Waals surface area contributed by atoms with Gasteiger partial charge in [0.2, 0.25) is 0 Å². The van der Waals surface area contributed by atoms with Crippen LogP contribution in [0.25, 0.3) is 11.1 Å². The lowest BCUT2D eigenvalue weighted by molar-refractivity contribution is 0.354. The molecule has 0 bridgehead atoms. The topological polar surface area (TPSA) is 12.5 Å². The molecule has 0 radical (unpaired) electrons. The second kappa shape index (κ2) is 3.22. The number of hydrogen-bond acceptors (Lipinski definition) is 1. The van der Waals surface area contributed by atoms with Gasteiger partial charge in [-0.2, -0.15) is 0 Å². The Balaban J connectivity index is 2.09. The molecular formula is C14H8Br2O. The third kappa shape index (κ3) is 1.28. The van der Waals surface area contributed by atoms with E-state index in [2.05, 4.69) is 68.3 Å². The zero-order valence-corrected chi connectivity index (χ0v) is 12.0. The van der Waals surface area contributed by atoms with Crippen molar-refractivity contribution < 1.29 is 4.74 Å². The Bertz CT molecular complexity index is 591. The number of halogens is 2. The fraction of sp³-hybridized carbons (Fsp3) is 0.143. The smallest absolute Gasteiger partial charge is 0.143 e. The molecule has 3 heteroatoms. The van der Waals surface area contributed by atoms with Crippen LogP contribution in [-0.4, -0.2) is 6.61 Å². The van der Waals surface area contributed by atoms with Crippen LogP contribution in [0.5, 0.6) is 0 Å². The molecule has 0 atom stereocenters. The third-order valence-corrected chi connectivity index (χ3v) is 4.54. The fourth-order valence-electron chi connectivity index (χ4n) is 2.70. The van der Waals surface area contributed by atoms with Gasteiger partial charge in [0.1, 0.15) is 5.60 Å². The van der Waals surface area contributed by atoms with Crippen molar-refractivity contribution in [1.29, 1.82) is 0 Å². The number of hydrogen-bond donors (Lipinski definition) is 0. The van der Waals surface area contributed by atoms with E-state index in [1.54, 1.807) is 0 Å². The van der Waals surface area contributed by atoms with Gasteiger partial charge in [-0.3, -0.25) is 0 Å². The van der Waals surface area contributed by atoms with Gasteiger partial charge < -0.3 is 4.74 Å². The van der Waals surface area contributed by atoms with Gasteiger partial charge in [0.25, 0.3) is 0 Å². The first kappa shape index (κ1) is 10.3. The lowest BCUT2D eigenvalue weighted by atomic mass is 9.98. The van der Waals surface area contributed by atoms with Gasteiger partial charge in [-0.1, -0.05) is 44.0 Å². The molecular weight excluding hydrogens is 344 g/mol. The van der Waals surface area contributed by atoms with Crippen molar-refractivity contribution in [1.82, 2.24) is 0 Å². The molecule has 1 heterocycles. The predicted molar refractivity (Wildman–Crippen MR) is 74.0 cm³/mol. The van der Waals surface area contributed by atoms with Crippen LogP contribution in [0.15, 0.2) is 45.3 Å². The Morgan fingerprint density at radius 2 is 1.35 bits per heavy atom. The summed E-state index contributed by atoms with van der Waals surface area (Å²) >= 11 is 7.08. The standard InChI is InChI=1S/C14H8Br2O/c15-8-1-3-10-11-4-2-9(16)6-13(11)14(7-17-14)12(10)5-8/h1-6H,7H2. The van der Waals surface area contributed by atoms with E-state index in [4.69, 9.17) is 4.74 Å². The molecule has 2 aromatic carbocycles. The lowest BCUT2D eigenvalue weighted by Gasteiger charge is -2.07. The van der Waals surface area contributed by atoms with Gasteiger partial charge >= 0.3 is 0 Å². The highest BCUT2D eigenvalue weighted by Gasteiger charge is 2.54. The number of rotatable bonds is 0. The monoisotopic (exact) mass is 350 g/mol. The maximum Gasteiger partial charge on any atom is 0.143 e. The van der Waals surface area contributed by atoms with Gasteiger partial charge in [-0.15, -0.1) is 0 Å². The van der Waals surface area contributed by atoms with Crippen LogP contribution in [0.4, 0.5) is 0 Å². The highest BCUT2D eigenvalue weighted by atomic mass is 79.9. The van der Waals surface area contributed by atoms with E-state index < -0.39 is 0 Å². The zero-order valence-electron chi connectivity index (χ0n) is 8.84. The van der Waals surface area contributed by atoms with Crippen molar-refractivity contribution in [3.63, 3.8) is 0 Å². The van der Waals surface area contributed by atoms with Crippen molar-refractivity contribution in [3.05, 3.63) is 56.5 Å². The highest BCUT2D eigenvalue weighted by Crippen LogP contribution is 2.57. The molecule has 1 fully saturated rings. The summed E-state index contributed by atoms with van der Waals surface area (Å²) in [6.45, 7) is 0.792. The van der Waals surface area contributed by atoms with Crippen LogP contribution < -0.4 is 0 Å². The average Bonchev–Trinajstić information content (AvgIpc) is 3.06. The predicted octanol–water partition coefficient (Wildman–Crippen LogP) is 4.47. The van der Waals surface area contributed by atoms with Crippen LogP contribution in [0.2, 0.25) is 0 Å². The van der Waals surface area contributed by atoms with Gasteiger partial charge in [0.05, 0.1) is 6.61 Å². The van der Waals surface area contributed by atoms with Crippen LogP contribution in [0.3, 0.4) is 0 Å². The molecule has 2 aromatic rings. The van der Waals surface area contributed by atoms with Gasteiger partial charge in [0.15, 0.2) is 0 Å². The molecule has 1 nitrogen and oxygen atoms in total. The van der Waals surface area contributed by atoms with E-state index in [0.717, 1.165) is 15.6 Å². The molecule has 17 heavy (non-hydrogen) atoms. The van der Waals surface area contributed by atoms with Crippen LogP contribution >= 0.6 is 31.9 Å². The van der Waals surface area contributed by atoms with E-state index in [-0.39, 0.29) is 5.60 Å². The number of ether oxygens (including phenoxy) is 1. The molecule has 0 saturated carbocycles. The minimum Gasteiger partial charge on any atom is -0.359 e. The first-order valence-electron chi connectivity index (χ1n) is 5.45. The minimum atomic E-state index is -0.168. The zero-order chi connectivity index (χ0) is 11.6. The highest BCUT2D eigenvalue weighted by molar-refractivity contribution is 9.10. The minimum absolute atomic E-state index is 0.168. The Kier molecular flexibility index (Phi) is 1.95. The average molecular weight is 352 g/mol. The molecule has 0 aromatic heterocycles. The second-order valence-corrected chi connectivity index (χ2v) is 6.33. The molecule has 1 spiro atoms. The van der Waals surface area contributed by atoms with Gasteiger partial charge in [0, 0.05) is 8.95 Å². The maximum atomic E-state index is 5.78. The Labute approximate surface area is 116 Å². The van der Waals surface area contributed by atoms with Crippen molar-refractivity contribution in [2.45, 2.75) is 5.60 Å². The van der Waals surface area contributed by atoms with Crippen molar-refractivity contribution in [3.8, 4) is 11.1 Å². The van der Waals surface area contributed by atoms with Crippen LogP contribution in [0.1, 0.15) is 11.1 Å². The number of epoxide rings is 1. The molecule has 2 aliphatic rings. The third-order valence-electron chi connectivity index (χ3n) is 3.56. The Hall–Kier alpha value is -0.640. The first-order chi connectivity index (χ1) is 8.21. The summed E-state index contributed by atoms with van der Waals surface area (Å²) in [6.07, 6.45) is 0. The molecule has 1 aliphatic carbocycles. The molecule has 0 N–H and O–H groups in total. The fourth-order valence-corrected chi connectivity index (χ4v) is 3.42. The molecule has 0 unspecified atom stereocenters. The summed E-state index contributed by atoms with van der Waals surface area (Å²) in [5.41, 5.74) is 5.01. The number of fused-ring (bicyclic) bond motifs is 5. The summed E-state index contributed by atoms with van der Waals surface area (Å²) in [4.78, 5) is 0. The lowest BCUT2D eigenvalue weighted by Crippen LogP contribution is -2.05. The normalized spacial score (nSPS) is 18.0. The summed E-state index contributed by atoms with van der Waals surface area (Å²) in [5, 5.41) is 0. The summed E-state index contributed by atoms with van der Waals surface area (Å²) in [7, 11) is 0. The largest absolute Gasteiger partial charge is 0.359 e. The summed E-state index contributed by atoms with van der Waals surface area (Å²) < 4.78 is 8.00. The van der Waals surface area contributed by atoms with Crippen molar-refractivity contribution >= 4 is 31.9 Å². The molecule has 1 saturated heterocycles. The van der Waals surface area contributed by atoms with Gasteiger partial charge in [-0.25, -0.2) is 0 Å². The van der Waals surface area contributed by atoms with E-state index in [0.29, 0.717) is 0 Å². The summed E-state index contributed by atoms with van der Waals surface area (Å²) in [6, 6.07) is 12.9. The molecule has 4 rings (SSSR count). The second-order valence-electron chi connectivity index (χ2n) is 4.50. The van der Waals surface area contributed by atoms with E-state index >= 15 is 0 Å². The van der Waals surface area contributed by atoms with Crippen LogP contribution in [-0.2, 0) is 10.3 Å². The number of benzene rings is 2. The van der Waals surface area contributed by atoms with E-state index in [1.807, 2.05) is 0 Å². The summed E-state index contributed by atoms with van der Waals surface area (Å²) in [5.74, 6) is 0. The van der Waals surface area contributed by atoms with E-state index in [9.17, 15) is 0 Å². The van der Waals surface area contributed by atoms with Crippen LogP contribution in [0, 0.1) is 0 Å². The molecule has 0 amide bonds.